The molecule has 0 saturated carbocycles. The number of rotatable bonds is 6. The molecule has 0 spiro atoms. The maximum atomic E-state index is 6.62. The lowest BCUT2D eigenvalue weighted by Gasteiger charge is -2.28. The Morgan fingerprint density at radius 3 is 1.50 bits per heavy atom. The molecule has 0 atom stereocenters. The monoisotopic (exact) mass is 389 g/mol. The molecule has 0 fully saturated rings. The van der Waals surface area contributed by atoms with Gasteiger partial charge in [-0.05, 0) is 23.3 Å². The van der Waals surface area contributed by atoms with E-state index in [0.717, 1.165) is 31.9 Å². The SMILES string of the molecule is C1=CCN(Cc2ccccc2)[PH+](Oc2ccccc2)N(Cc2ccccc2)C1. The van der Waals surface area contributed by atoms with Crippen LogP contribution >= 0.6 is 8.45 Å². The minimum Gasteiger partial charge on any atom is -0.315 e. The summed E-state index contributed by atoms with van der Waals surface area (Å²) < 4.78 is 11.6. The van der Waals surface area contributed by atoms with Crippen LogP contribution in [0.2, 0.25) is 0 Å². The maximum Gasteiger partial charge on any atom is 0.325 e. The van der Waals surface area contributed by atoms with Gasteiger partial charge in [-0.3, -0.25) is 0 Å². The van der Waals surface area contributed by atoms with Crippen LogP contribution in [0.25, 0.3) is 0 Å². The third-order valence-corrected chi connectivity index (χ3v) is 6.93. The molecule has 4 heteroatoms. The number of hydrogen-bond acceptors (Lipinski definition) is 3. The van der Waals surface area contributed by atoms with Gasteiger partial charge in [-0.15, -0.1) is 9.34 Å². The quantitative estimate of drug-likeness (QED) is 0.403. The fraction of sp³-hybridized carbons (Fsp3) is 0.167. The molecule has 0 N–H and O–H groups in total. The summed E-state index contributed by atoms with van der Waals surface area (Å²) in [5.74, 6) is 0.939. The minimum atomic E-state index is -1.40. The van der Waals surface area contributed by atoms with E-state index < -0.39 is 8.45 Å². The summed E-state index contributed by atoms with van der Waals surface area (Å²) in [4.78, 5) is 0. The zero-order valence-electron chi connectivity index (χ0n) is 15.9. The highest BCUT2D eigenvalue weighted by atomic mass is 31.2. The molecule has 1 aliphatic rings. The van der Waals surface area contributed by atoms with Gasteiger partial charge < -0.3 is 4.52 Å². The molecule has 0 radical (unpaired) electrons. The highest BCUT2D eigenvalue weighted by molar-refractivity contribution is 7.47. The van der Waals surface area contributed by atoms with Gasteiger partial charge >= 0.3 is 8.45 Å². The Kier molecular flexibility index (Phi) is 6.52. The van der Waals surface area contributed by atoms with Gasteiger partial charge in [-0.1, -0.05) is 91.0 Å². The molecule has 0 bridgehead atoms. The molecule has 0 aromatic heterocycles. The van der Waals surface area contributed by atoms with E-state index in [1.54, 1.807) is 0 Å². The summed E-state index contributed by atoms with van der Waals surface area (Å²) in [6.07, 6.45) is 4.54. The first-order valence-electron chi connectivity index (χ1n) is 9.71. The fourth-order valence-corrected chi connectivity index (χ4v) is 5.52. The lowest BCUT2D eigenvalue weighted by Crippen LogP contribution is -2.29. The first-order valence-corrected chi connectivity index (χ1v) is 11.0. The van der Waals surface area contributed by atoms with Gasteiger partial charge in [0.1, 0.15) is 0 Å². The Morgan fingerprint density at radius 1 is 0.607 bits per heavy atom. The average Bonchev–Trinajstić information content (AvgIpc) is 2.93. The first kappa shape index (κ1) is 18.9. The molecule has 28 heavy (non-hydrogen) atoms. The second kappa shape index (κ2) is 9.66. The van der Waals surface area contributed by atoms with Crippen LogP contribution < -0.4 is 4.52 Å². The standard InChI is InChI=1S/C24H25N2OP/c1-4-12-22(13-5-1)20-25-18-10-11-19-26(21-23-14-6-2-7-15-23)28(25)27-24-16-8-3-9-17-24/h1-17H,18-21H2/p+1. The molecule has 4 rings (SSSR count). The molecule has 142 valence electrons. The third kappa shape index (κ3) is 5.08. The molecule has 0 aliphatic carbocycles. The van der Waals surface area contributed by atoms with E-state index in [1.165, 1.54) is 11.1 Å². The number of hydrogen-bond donors (Lipinski definition) is 0. The summed E-state index contributed by atoms with van der Waals surface area (Å²) in [5.41, 5.74) is 2.63. The smallest absolute Gasteiger partial charge is 0.315 e. The van der Waals surface area contributed by atoms with Crippen LogP contribution in [0.15, 0.2) is 103 Å². The summed E-state index contributed by atoms with van der Waals surface area (Å²) in [5, 5.41) is 0. The van der Waals surface area contributed by atoms with Crippen molar-refractivity contribution in [2.24, 2.45) is 0 Å². The number of para-hydroxylation sites is 1. The molecule has 1 heterocycles. The zero-order chi connectivity index (χ0) is 19.0. The van der Waals surface area contributed by atoms with Crippen molar-refractivity contribution in [2.75, 3.05) is 13.1 Å². The minimum absolute atomic E-state index is 0.887. The lowest BCUT2D eigenvalue weighted by molar-refractivity contribution is 0.359. The van der Waals surface area contributed by atoms with Crippen molar-refractivity contribution < 1.29 is 4.52 Å². The number of benzene rings is 3. The second-order valence-corrected chi connectivity index (χ2v) is 8.94. The molecule has 0 amide bonds. The Balaban J connectivity index is 1.61. The summed E-state index contributed by atoms with van der Waals surface area (Å²) in [7, 11) is -1.40. The fourth-order valence-electron chi connectivity index (χ4n) is 3.35. The van der Waals surface area contributed by atoms with Crippen LogP contribution in [-0.4, -0.2) is 22.4 Å². The predicted molar refractivity (Wildman–Crippen MR) is 118 cm³/mol. The van der Waals surface area contributed by atoms with Crippen LogP contribution in [0.1, 0.15) is 11.1 Å². The van der Waals surface area contributed by atoms with Crippen LogP contribution in [0.5, 0.6) is 5.75 Å². The van der Waals surface area contributed by atoms with Gasteiger partial charge in [0, 0.05) is 0 Å². The van der Waals surface area contributed by atoms with Crippen molar-refractivity contribution in [2.45, 2.75) is 13.1 Å². The van der Waals surface area contributed by atoms with Crippen molar-refractivity contribution in [3.8, 4) is 5.75 Å². The Labute approximate surface area is 168 Å². The topological polar surface area (TPSA) is 15.7 Å². The van der Waals surface area contributed by atoms with Crippen molar-refractivity contribution in [1.82, 2.24) is 9.34 Å². The van der Waals surface area contributed by atoms with Gasteiger partial charge in [-0.2, -0.15) is 0 Å². The predicted octanol–water partition coefficient (Wildman–Crippen LogP) is 5.60. The second-order valence-electron chi connectivity index (χ2n) is 6.90. The van der Waals surface area contributed by atoms with Gasteiger partial charge in [-0.25, -0.2) is 0 Å². The molecular weight excluding hydrogens is 363 g/mol. The molecular formula is C24H26N2OP+. The van der Waals surface area contributed by atoms with E-state index in [0.29, 0.717) is 0 Å². The van der Waals surface area contributed by atoms with Crippen LogP contribution in [0.4, 0.5) is 0 Å². The highest BCUT2D eigenvalue weighted by Gasteiger charge is 2.36. The van der Waals surface area contributed by atoms with Crippen LogP contribution in [-0.2, 0) is 13.1 Å². The van der Waals surface area contributed by atoms with Crippen molar-refractivity contribution >= 4 is 8.45 Å². The van der Waals surface area contributed by atoms with Gasteiger partial charge in [0.25, 0.3) is 0 Å². The van der Waals surface area contributed by atoms with E-state index in [2.05, 4.69) is 94.3 Å². The van der Waals surface area contributed by atoms with Crippen molar-refractivity contribution in [1.29, 1.82) is 0 Å². The van der Waals surface area contributed by atoms with E-state index >= 15 is 0 Å². The van der Waals surface area contributed by atoms with Crippen molar-refractivity contribution in [3.05, 3.63) is 114 Å². The van der Waals surface area contributed by atoms with E-state index in [4.69, 9.17) is 4.52 Å². The van der Waals surface area contributed by atoms with Crippen molar-refractivity contribution in [3.63, 3.8) is 0 Å². The van der Waals surface area contributed by atoms with Gasteiger partial charge in [0.15, 0.2) is 5.75 Å². The average molecular weight is 389 g/mol. The third-order valence-electron chi connectivity index (χ3n) is 4.74. The van der Waals surface area contributed by atoms with Gasteiger partial charge in [0.2, 0.25) is 0 Å². The Morgan fingerprint density at radius 2 is 1.04 bits per heavy atom. The normalized spacial score (nSPS) is 16.0. The first-order chi connectivity index (χ1) is 13.9. The molecule has 3 aromatic carbocycles. The Hall–Kier alpha value is -2.45. The maximum absolute atomic E-state index is 6.62. The molecule has 0 unspecified atom stereocenters. The lowest BCUT2D eigenvalue weighted by atomic mass is 10.2. The molecule has 3 aromatic rings. The highest BCUT2D eigenvalue weighted by Crippen LogP contribution is 2.48. The summed E-state index contributed by atoms with van der Waals surface area (Å²) in [6, 6.07) is 31.5. The van der Waals surface area contributed by atoms with Gasteiger partial charge in [0.05, 0.1) is 26.2 Å². The largest absolute Gasteiger partial charge is 0.325 e. The summed E-state index contributed by atoms with van der Waals surface area (Å²) in [6.45, 7) is 3.58. The van der Waals surface area contributed by atoms with E-state index in [-0.39, 0.29) is 0 Å². The molecule has 3 nitrogen and oxygen atoms in total. The van der Waals surface area contributed by atoms with E-state index in [9.17, 15) is 0 Å². The van der Waals surface area contributed by atoms with E-state index in [1.807, 2.05) is 18.2 Å². The molecule has 0 saturated heterocycles. The Bertz CT molecular complexity index is 817. The zero-order valence-corrected chi connectivity index (χ0v) is 16.9. The number of nitrogens with zero attached hydrogens (tertiary/aromatic N) is 2. The van der Waals surface area contributed by atoms with Crippen LogP contribution in [0.3, 0.4) is 0 Å². The molecule has 1 aliphatic heterocycles. The summed E-state index contributed by atoms with van der Waals surface area (Å²) >= 11 is 0. The van der Waals surface area contributed by atoms with Crippen LogP contribution in [0, 0.1) is 0 Å².